The zero-order valence-electron chi connectivity index (χ0n) is 17.8. The van der Waals surface area contributed by atoms with Crippen LogP contribution in [0.3, 0.4) is 0 Å². The van der Waals surface area contributed by atoms with Crippen LogP contribution in [0, 0.1) is 0 Å². The van der Waals surface area contributed by atoms with E-state index in [1.165, 1.54) is 11.8 Å². The molecule has 7 heteroatoms. The molecule has 0 fully saturated rings. The Morgan fingerprint density at radius 2 is 1.53 bits per heavy atom. The third-order valence-electron chi connectivity index (χ3n) is 3.96. The highest BCUT2D eigenvalue weighted by Gasteiger charge is 2.27. The summed E-state index contributed by atoms with van der Waals surface area (Å²) in [5.41, 5.74) is 0.690. The molecule has 0 radical (unpaired) electrons. The Kier molecular flexibility index (Phi) is 7.98. The van der Waals surface area contributed by atoms with E-state index in [2.05, 4.69) is 5.32 Å². The van der Waals surface area contributed by atoms with E-state index in [4.69, 9.17) is 9.47 Å². The summed E-state index contributed by atoms with van der Waals surface area (Å²) in [4.78, 5) is 38.7. The lowest BCUT2D eigenvalue weighted by Crippen LogP contribution is -2.49. The van der Waals surface area contributed by atoms with Gasteiger partial charge in [0, 0.05) is 5.69 Å². The number of nitrogens with zero attached hydrogens (tertiary/aromatic N) is 1. The lowest BCUT2D eigenvalue weighted by Gasteiger charge is -2.27. The van der Waals surface area contributed by atoms with Gasteiger partial charge in [-0.05, 0) is 45.4 Å². The molecule has 2 amide bonds. The predicted octanol–water partition coefficient (Wildman–Crippen LogP) is 3.68. The SMILES string of the molecule is C[C@H](NC(=O)OCc1ccccc1)C(=O)N(CC(=O)OC(C)(C)C)c1ccccc1. The molecule has 0 bridgehead atoms. The molecular formula is C23H28N2O5. The van der Waals surface area contributed by atoms with Gasteiger partial charge in [0.25, 0.3) is 0 Å². The molecule has 2 aromatic carbocycles. The number of benzene rings is 2. The van der Waals surface area contributed by atoms with Crippen LogP contribution in [0.25, 0.3) is 0 Å². The summed E-state index contributed by atoms with van der Waals surface area (Å²) < 4.78 is 10.5. The Balaban J connectivity index is 2.03. The van der Waals surface area contributed by atoms with Crippen LogP contribution in [-0.2, 0) is 25.7 Å². The first-order chi connectivity index (χ1) is 14.2. The van der Waals surface area contributed by atoms with Gasteiger partial charge in [-0.1, -0.05) is 48.5 Å². The molecule has 30 heavy (non-hydrogen) atoms. The molecule has 7 nitrogen and oxygen atoms in total. The summed E-state index contributed by atoms with van der Waals surface area (Å²) in [6.07, 6.45) is -0.718. The minimum absolute atomic E-state index is 0.0912. The summed E-state index contributed by atoms with van der Waals surface area (Å²) in [6.45, 7) is 6.63. The number of anilines is 1. The van der Waals surface area contributed by atoms with Crippen molar-refractivity contribution in [3.63, 3.8) is 0 Å². The van der Waals surface area contributed by atoms with Crippen molar-refractivity contribution in [3.8, 4) is 0 Å². The van der Waals surface area contributed by atoms with E-state index in [0.717, 1.165) is 5.56 Å². The number of amides is 2. The summed E-state index contributed by atoms with van der Waals surface area (Å²) >= 11 is 0. The second-order valence-electron chi connectivity index (χ2n) is 7.77. The largest absolute Gasteiger partial charge is 0.459 e. The van der Waals surface area contributed by atoms with Gasteiger partial charge in [-0.3, -0.25) is 14.5 Å². The monoisotopic (exact) mass is 412 g/mol. The highest BCUT2D eigenvalue weighted by atomic mass is 16.6. The van der Waals surface area contributed by atoms with Crippen LogP contribution in [-0.4, -0.2) is 36.2 Å². The van der Waals surface area contributed by atoms with E-state index >= 15 is 0 Å². The lowest BCUT2D eigenvalue weighted by atomic mass is 10.2. The number of para-hydroxylation sites is 1. The molecule has 160 valence electrons. The summed E-state index contributed by atoms with van der Waals surface area (Å²) in [7, 11) is 0. The molecule has 0 spiro atoms. The van der Waals surface area contributed by atoms with Gasteiger partial charge in [-0.15, -0.1) is 0 Å². The molecule has 0 unspecified atom stereocenters. The van der Waals surface area contributed by atoms with Crippen molar-refractivity contribution < 1.29 is 23.9 Å². The van der Waals surface area contributed by atoms with E-state index in [-0.39, 0.29) is 13.2 Å². The number of nitrogens with one attached hydrogen (secondary N) is 1. The van der Waals surface area contributed by atoms with Crippen LogP contribution < -0.4 is 10.2 Å². The van der Waals surface area contributed by atoms with Gasteiger partial charge < -0.3 is 14.8 Å². The number of rotatable bonds is 7. The van der Waals surface area contributed by atoms with Crippen molar-refractivity contribution in [2.24, 2.45) is 0 Å². The van der Waals surface area contributed by atoms with Crippen molar-refractivity contribution >= 4 is 23.7 Å². The third-order valence-corrected chi connectivity index (χ3v) is 3.96. The lowest BCUT2D eigenvalue weighted by molar-refractivity contribution is -0.153. The van der Waals surface area contributed by atoms with Crippen molar-refractivity contribution in [1.82, 2.24) is 5.32 Å². The molecular weight excluding hydrogens is 384 g/mol. The van der Waals surface area contributed by atoms with Crippen LogP contribution in [0.15, 0.2) is 60.7 Å². The number of carbonyl (C=O) groups excluding carboxylic acids is 3. The van der Waals surface area contributed by atoms with Gasteiger partial charge >= 0.3 is 12.1 Å². The van der Waals surface area contributed by atoms with Gasteiger partial charge in [0.1, 0.15) is 24.8 Å². The topological polar surface area (TPSA) is 84.9 Å². The smallest absolute Gasteiger partial charge is 0.408 e. The van der Waals surface area contributed by atoms with E-state index in [9.17, 15) is 14.4 Å². The van der Waals surface area contributed by atoms with Crippen molar-refractivity contribution in [1.29, 1.82) is 0 Å². The van der Waals surface area contributed by atoms with Gasteiger partial charge in [0.2, 0.25) is 5.91 Å². The summed E-state index contributed by atoms with van der Waals surface area (Å²) in [6, 6.07) is 17.1. The average molecular weight is 412 g/mol. The zero-order chi connectivity index (χ0) is 22.1. The fraction of sp³-hybridized carbons (Fsp3) is 0.348. The van der Waals surface area contributed by atoms with Gasteiger partial charge in [-0.2, -0.15) is 0 Å². The Morgan fingerprint density at radius 3 is 2.10 bits per heavy atom. The number of hydrogen-bond donors (Lipinski definition) is 1. The maximum Gasteiger partial charge on any atom is 0.408 e. The maximum atomic E-state index is 13.0. The van der Waals surface area contributed by atoms with Crippen molar-refractivity contribution in [2.75, 3.05) is 11.4 Å². The Hall–Kier alpha value is -3.35. The molecule has 0 saturated heterocycles. The first kappa shape index (κ1) is 22.9. The Bertz CT molecular complexity index is 847. The van der Waals surface area contributed by atoms with Crippen LogP contribution in [0.1, 0.15) is 33.3 Å². The molecule has 0 aliphatic carbocycles. The number of carbonyl (C=O) groups is 3. The second-order valence-corrected chi connectivity index (χ2v) is 7.77. The fourth-order valence-corrected chi connectivity index (χ4v) is 2.64. The van der Waals surface area contributed by atoms with Gasteiger partial charge in [0.15, 0.2) is 0 Å². The highest BCUT2D eigenvalue weighted by molar-refractivity contribution is 6.01. The standard InChI is InChI=1S/C23H28N2O5/c1-17(24-22(28)29-16-18-11-7-5-8-12-18)21(27)25(19-13-9-6-10-14-19)15-20(26)30-23(2,3)4/h5-14,17H,15-16H2,1-4H3,(H,24,28)/t17-/m0/s1. The molecule has 2 aromatic rings. The van der Waals surface area contributed by atoms with E-state index in [1.54, 1.807) is 45.0 Å². The maximum absolute atomic E-state index is 13.0. The van der Waals surface area contributed by atoms with E-state index in [0.29, 0.717) is 5.69 Å². The minimum Gasteiger partial charge on any atom is -0.459 e. The first-order valence-corrected chi connectivity index (χ1v) is 9.71. The average Bonchev–Trinajstić information content (AvgIpc) is 2.70. The number of ether oxygens (including phenoxy) is 2. The third kappa shape index (κ3) is 7.58. The highest BCUT2D eigenvalue weighted by Crippen LogP contribution is 2.16. The molecule has 2 rings (SSSR count). The van der Waals surface area contributed by atoms with Crippen molar-refractivity contribution in [3.05, 3.63) is 66.2 Å². The summed E-state index contributed by atoms with van der Waals surface area (Å²) in [5, 5.41) is 2.52. The summed E-state index contributed by atoms with van der Waals surface area (Å²) in [5.74, 6) is -0.998. The van der Waals surface area contributed by atoms with Gasteiger partial charge in [-0.25, -0.2) is 4.79 Å². The van der Waals surface area contributed by atoms with Crippen LogP contribution >= 0.6 is 0 Å². The molecule has 0 aromatic heterocycles. The quantitative estimate of drug-likeness (QED) is 0.702. The zero-order valence-corrected chi connectivity index (χ0v) is 17.8. The normalized spacial score (nSPS) is 11.9. The Morgan fingerprint density at radius 1 is 0.967 bits per heavy atom. The number of hydrogen-bond acceptors (Lipinski definition) is 5. The van der Waals surface area contributed by atoms with Crippen LogP contribution in [0.4, 0.5) is 10.5 Å². The number of alkyl carbamates (subject to hydrolysis) is 1. The minimum atomic E-state index is -0.907. The molecule has 1 N–H and O–H groups in total. The molecule has 0 aliphatic heterocycles. The molecule has 1 atom stereocenters. The second kappa shape index (κ2) is 10.4. The van der Waals surface area contributed by atoms with E-state index in [1.807, 2.05) is 36.4 Å². The molecule has 0 saturated carbocycles. The van der Waals surface area contributed by atoms with Crippen LogP contribution in [0.5, 0.6) is 0 Å². The van der Waals surface area contributed by atoms with E-state index < -0.39 is 29.6 Å². The van der Waals surface area contributed by atoms with Crippen molar-refractivity contribution in [2.45, 2.75) is 45.9 Å². The van der Waals surface area contributed by atoms with Gasteiger partial charge in [0.05, 0.1) is 0 Å². The van der Waals surface area contributed by atoms with Crippen LogP contribution in [0.2, 0.25) is 0 Å². The first-order valence-electron chi connectivity index (χ1n) is 9.71. The predicted molar refractivity (Wildman–Crippen MR) is 114 cm³/mol. The number of esters is 1. The Labute approximate surface area is 177 Å². The molecule has 0 aliphatic rings. The molecule has 0 heterocycles. The fourth-order valence-electron chi connectivity index (χ4n) is 2.64.